The van der Waals surface area contributed by atoms with Gasteiger partial charge in [-0.15, -0.1) is 0 Å². The highest BCUT2D eigenvalue weighted by Crippen LogP contribution is 2.22. The molecule has 1 heterocycles. The molecule has 4 heteroatoms. The van der Waals surface area contributed by atoms with Crippen LogP contribution in [0.25, 0.3) is 0 Å². The second-order valence-corrected chi connectivity index (χ2v) is 5.02. The van der Waals surface area contributed by atoms with E-state index < -0.39 is 0 Å². The molecule has 0 aliphatic heterocycles. The maximum atomic E-state index is 4.17. The molecule has 4 nitrogen and oxygen atoms in total. The summed E-state index contributed by atoms with van der Waals surface area (Å²) in [5.41, 5.74) is 4.96. The van der Waals surface area contributed by atoms with Crippen LogP contribution < -0.4 is 10.2 Å². The first kappa shape index (κ1) is 13.5. The minimum Gasteiger partial charge on any atom is -0.385 e. The van der Waals surface area contributed by atoms with Gasteiger partial charge in [0, 0.05) is 57.4 Å². The van der Waals surface area contributed by atoms with Gasteiger partial charge in [0.15, 0.2) is 0 Å². The Morgan fingerprint density at radius 1 is 1.26 bits per heavy atom. The molecule has 0 spiro atoms. The predicted octanol–water partition coefficient (Wildman–Crippen LogP) is 2.45. The number of nitrogens with one attached hydrogen (secondary N) is 1. The van der Waals surface area contributed by atoms with Gasteiger partial charge < -0.3 is 10.2 Å². The Balaban J connectivity index is 1.96. The number of nitrogens with zero attached hydrogens (tertiary/aromatic N) is 3. The maximum Gasteiger partial charge on any atom is 0.0492 e. The number of hydrogen-bond acceptors (Lipinski definition) is 3. The van der Waals surface area contributed by atoms with E-state index in [0.717, 1.165) is 18.7 Å². The van der Waals surface area contributed by atoms with Crippen molar-refractivity contribution in [3.8, 4) is 0 Å². The van der Waals surface area contributed by atoms with Gasteiger partial charge in [-0.05, 0) is 30.7 Å². The Kier molecular flexibility index (Phi) is 4.10. The van der Waals surface area contributed by atoms with E-state index in [1.54, 1.807) is 0 Å². The van der Waals surface area contributed by atoms with Crippen molar-refractivity contribution in [2.75, 3.05) is 30.9 Å². The number of rotatable bonds is 5. The van der Waals surface area contributed by atoms with E-state index in [9.17, 15) is 0 Å². The Bertz CT molecular complexity index is 543. The van der Waals surface area contributed by atoms with Crippen LogP contribution >= 0.6 is 0 Å². The molecule has 0 unspecified atom stereocenters. The summed E-state index contributed by atoms with van der Waals surface area (Å²) in [6.45, 7) is 3.05. The number of anilines is 2. The Morgan fingerprint density at radius 3 is 2.68 bits per heavy atom. The van der Waals surface area contributed by atoms with Gasteiger partial charge in [0.25, 0.3) is 0 Å². The van der Waals surface area contributed by atoms with Gasteiger partial charge in [-0.1, -0.05) is 6.07 Å². The third kappa shape index (κ3) is 3.28. The van der Waals surface area contributed by atoms with Gasteiger partial charge >= 0.3 is 0 Å². The number of hydrogen-bond donors (Lipinski definition) is 1. The van der Waals surface area contributed by atoms with Crippen LogP contribution in [0, 0.1) is 6.92 Å². The van der Waals surface area contributed by atoms with Gasteiger partial charge in [0.1, 0.15) is 0 Å². The van der Waals surface area contributed by atoms with Crippen LogP contribution in [0.2, 0.25) is 0 Å². The molecular weight excluding hydrogens is 236 g/mol. The molecule has 0 aliphatic carbocycles. The largest absolute Gasteiger partial charge is 0.385 e. The van der Waals surface area contributed by atoms with Crippen molar-refractivity contribution in [1.29, 1.82) is 0 Å². The van der Waals surface area contributed by atoms with Crippen molar-refractivity contribution >= 4 is 11.4 Å². The fourth-order valence-electron chi connectivity index (χ4n) is 2.18. The molecule has 102 valence electrons. The Labute approximate surface area is 115 Å². The van der Waals surface area contributed by atoms with Crippen molar-refractivity contribution in [2.45, 2.75) is 13.3 Å². The standard InChI is InChI=1S/C15H22N4/c1-12-5-6-13(11-15(12)18(2)3)16-9-7-14-8-10-17-19(14)4/h5-6,8,10-11,16H,7,9H2,1-4H3. The van der Waals surface area contributed by atoms with Crippen LogP contribution in [-0.4, -0.2) is 30.4 Å². The van der Waals surface area contributed by atoms with Gasteiger partial charge in [-0.25, -0.2) is 0 Å². The average molecular weight is 258 g/mol. The summed E-state index contributed by atoms with van der Waals surface area (Å²) in [7, 11) is 6.12. The second kappa shape index (κ2) is 5.78. The lowest BCUT2D eigenvalue weighted by molar-refractivity contribution is 0.711. The number of benzene rings is 1. The summed E-state index contributed by atoms with van der Waals surface area (Å²) in [6, 6.07) is 8.54. The molecule has 0 fully saturated rings. The van der Waals surface area contributed by atoms with E-state index in [1.165, 1.54) is 16.9 Å². The maximum absolute atomic E-state index is 4.17. The summed E-state index contributed by atoms with van der Waals surface area (Å²) in [5.74, 6) is 0. The second-order valence-electron chi connectivity index (χ2n) is 5.02. The van der Waals surface area contributed by atoms with Gasteiger partial charge in [0.05, 0.1) is 0 Å². The topological polar surface area (TPSA) is 33.1 Å². The molecular formula is C15H22N4. The zero-order valence-electron chi connectivity index (χ0n) is 12.1. The summed E-state index contributed by atoms with van der Waals surface area (Å²) in [4.78, 5) is 2.14. The first-order valence-electron chi connectivity index (χ1n) is 6.56. The quantitative estimate of drug-likeness (QED) is 0.894. The highest BCUT2D eigenvalue weighted by molar-refractivity contribution is 5.61. The molecule has 0 bridgehead atoms. The van der Waals surface area contributed by atoms with Crippen LogP contribution in [0.4, 0.5) is 11.4 Å². The van der Waals surface area contributed by atoms with Crippen molar-refractivity contribution < 1.29 is 0 Å². The summed E-state index contributed by atoms with van der Waals surface area (Å²) in [5, 5.41) is 7.64. The van der Waals surface area contributed by atoms with E-state index in [-0.39, 0.29) is 0 Å². The Hall–Kier alpha value is -1.97. The number of aromatic nitrogens is 2. The number of aryl methyl sites for hydroxylation is 2. The highest BCUT2D eigenvalue weighted by atomic mass is 15.3. The van der Waals surface area contributed by atoms with Gasteiger partial charge in [-0.3, -0.25) is 4.68 Å². The first-order valence-corrected chi connectivity index (χ1v) is 6.56. The molecule has 1 N–H and O–H groups in total. The molecule has 0 atom stereocenters. The minimum atomic E-state index is 0.912. The normalized spacial score (nSPS) is 10.5. The highest BCUT2D eigenvalue weighted by Gasteiger charge is 2.03. The molecule has 19 heavy (non-hydrogen) atoms. The summed E-state index contributed by atoms with van der Waals surface area (Å²) >= 11 is 0. The van der Waals surface area contributed by atoms with Crippen molar-refractivity contribution in [3.63, 3.8) is 0 Å². The third-order valence-electron chi connectivity index (χ3n) is 3.32. The van der Waals surface area contributed by atoms with E-state index >= 15 is 0 Å². The molecule has 1 aromatic heterocycles. The lowest BCUT2D eigenvalue weighted by atomic mass is 10.1. The van der Waals surface area contributed by atoms with Gasteiger partial charge in [0.2, 0.25) is 0 Å². The molecule has 0 saturated carbocycles. The molecule has 0 saturated heterocycles. The zero-order valence-corrected chi connectivity index (χ0v) is 12.1. The van der Waals surface area contributed by atoms with Crippen molar-refractivity contribution in [3.05, 3.63) is 41.7 Å². The van der Waals surface area contributed by atoms with Crippen LogP contribution in [0.15, 0.2) is 30.5 Å². The van der Waals surface area contributed by atoms with E-state index in [1.807, 2.05) is 17.9 Å². The smallest absolute Gasteiger partial charge is 0.0492 e. The zero-order chi connectivity index (χ0) is 13.8. The predicted molar refractivity (Wildman–Crippen MR) is 80.9 cm³/mol. The molecule has 0 aliphatic rings. The van der Waals surface area contributed by atoms with Crippen LogP contribution in [0.5, 0.6) is 0 Å². The van der Waals surface area contributed by atoms with E-state index in [4.69, 9.17) is 0 Å². The monoisotopic (exact) mass is 258 g/mol. The van der Waals surface area contributed by atoms with Crippen molar-refractivity contribution in [2.24, 2.45) is 7.05 Å². The molecule has 2 rings (SSSR count). The van der Waals surface area contributed by atoms with Crippen LogP contribution in [-0.2, 0) is 13.5 Å². The lowest BCUT2D eigenvalue weighted by Gasteiger charge is -2.17. The summed E-state index contributed by atoms with van der Waals surface area (Å²) in [6.07, 6.45) is 2.81. The van der Waals surface area contributed by atoms with Gasteiger partial charge in [-0.2, -0.15) is 5.10 Å². The van der Waals surface area contributed by atoms with E-state index in [2.05, 4.69) is 60.6 Å². The first-order chi connectivity index (χ1) is 9.08. The summed E-state index contributed by atoms with van der Waals surface area (Å²) < 4.78 is 1.92. The average Bonchev–Trinajstić information content (AvgIpc) is 2.77. The van der Waals surface area contributed by atoms with Crippen LogP contribution in [0.3, 0.4) is 0 Å². The third-order valence-corrected chi connectivity index (χ3v) is 3.32. The lowest BCUT2D eigenvalue weighted by Crippen LogP contribution is -2.12. The molecule has 0 radical (unpaired) electrons. The SMILES string of the molecule is Cc1ccc(NCCc2ccnn2C)cc1N(C)C. The molecule has 0 amide bonds. The van der Waals surface area contributed by atoms with Crippen LogP contribution in [0.1, 0.15) is 11.3 Å². The Morgan fingerprint density at radius 2 is 2.05 bits per heavy atom. The minimum absolute atomic E-state index is 0.912. The molecule has 1 aromatic carbocycles. The fourth-order valence-corrected chi connectivity index (χ4v) is 2.18. The molecule has 2 aromatic rings. The fraction of sp³-hybridized carbons (Fsp3) is 0.400. The van der Waals surface area contributed by atoms with Crippen molar-refractivity contribution in [1.82, 2.24) is 9.78 Å². The van der Waals surface area contributed by atoms with E-state index in [0.29, 0.717) is 0 Å².